The van der Waals surface area contributed by atoms with E-state index in [1.165, 1.54) is 36.4 Å². The maximum absolute atomic E-state index is 12.8. The molecule has 0 atom stereocenters. The number of hydrogen-bond donors (Lipinski definition) is 1. The Morgan fingerprint density at radius 1 is 1.03 bits per heavy atom. The van der Waals surface area contributed by atoms with Crippen LogP contribution in [0.5, 0.6) is 0 Å². The minimum Gasteiger partial charge on any atom is -0.459 e. The minimum atomic E-state index is -3.65. The number of sulfone groups is 1. The Hall–Kier alpha value is -2.91. The zero-order valence-electron chi connectivity index (χ0n) is 16.0. The second kappa shape index (κ2) is 9.27. The molecule has 1 N–H and O–H groups in total. The lowest BCUT2D eigenvalue weighted by atomic mass is 10.2. The van der Waals surface area contributed by atoms with E-state index < -0.39 is 21.7 Å². The fraction of sp³-hybridized carbons (Fsp3) is 0.143. The molecule has 0 saturated heterocycles. The molecule has 0 aliphatic rings. The van der Waals surface area contributed by atoms with Gasteiger partial charge in [0.05, 0.1) is 29.1 Å². The zero-order valence-corrected chi connectivity index (χ0v) is 18.4. The Morgan fingerprint density at radius 3 is 2.40 bits per heavy atom. The van der Waals surface area contributed by atoms with Crippen molar-refractivity contribution in [2.24, 2.45) is 0 Å². The monoisotopic (exact) mass is 490 g/mol. The summed E-state index contributed by atoms with van der Waals surface area (Å²) in [7, 11) is -2.20. The predicted molar refractivity (Wildman–Crippen MR) is 116 cm³/mol. The van der Waals surface area contributed by atoms with Gasteiger partial charge in [0, 0.05) is 17.1 Å². The van der Waals surface area contributed by atoms with Gasteiger partial charge >= 0.3 is 0 Å². The van der Waals surface area contributed by atoms with E-state index in [1.54, 1.807) is 36.4 Å². The first kappa shape index (κ1) is 21.8. The lowest BCUT2D eigenvalue weighted by molar-refractivity contribution is -0.116. The summed E-state index contributed by atoms with van der Waals surface area (Å²) in [6, 6.07) is 16.5. The summed E-state index contributed by atoms with van der Waals surface area (Å²) < 4.78 is 31.2. The Labute approximate surface area is 182 Å². The first-order valence-corrected chi connectivity index (χ1v) is 11.4. The second-order valence-electron chi connectivity index (χ2n) is 6.54. The van der Waals surface area contributed by atoms with E-state index in [0.29, 0.717) is 10.2 Å². The number of nitrogens with zero attached hydrogens (tertiary/aromatic N) is 1. The summed E-state index contributed by atoms with van der Waals surface area (Å²) in [5.41, 5.74) is 0.818. The van der Waals surface area contributed by atoms with Crippen LogP contribution >= 0.6 is 15.9 Å². The van der Waals surface area contributed by atoms with Gasteiger partial charge in [-0.2, -0.15) is 0 Å². The van der Waals surface area contributed by atoms with Gasteiger partial charge in [-0.05, 0) is 46.3 Å². The van der Waals surface area contributed by atoms with Gasteiger partial charge in [0.2, 0.25) is 5.91 Å². The van der Waals surface area contributed by atoms with Crippen molar-refractivity contribution in [3.8, 4) is 0 Å². The largest absolute Gasteiger partial charge is 0.459 e. The fourth-order valence-corrected chi connectivity index (χ4v) is 4.52. The zero-order chi connectivity index (χ0) is 21.7. The highest BCUT2D eigenvalue weighted by atomic mass is 79.9. The predicted octanol–water partition coefficient (Wildman–Crippen LogP) is 3.73. The van der Waals surface area contributed by atoms with E-state index in [2.05, 4.69) is 21.2 Å². The molecule has 1 heterocycles. The highest BCUT2D eigenvalue weighted by molar-refractivity contribution is 9.10. The molecule has 3 aromatic rings. The van der Waals surface area contributed by atoms with Crippen LogP contribution in [0.3, 0.4) is 0 Å². The number of amides is 2. The number of likely N-dealkylation sites (N-methyl/N-ethyl adjacent to an activating group) is 1. The smallest absolute Gasteiger partial charge is 0.290 e. The molecule has 3 rings (SSSR count). The van der Waals surface area contributed by atoms with Crippen molar-refractivity contribution in [3.05, 3.63) is 82.7 Å². The molecule has 9 heteroatoms. The number of carbonyl (C=O) groups excluding carboxylic acids is 2. The molecule has 0 aliphatic carbocycles. The third kappa shape index (κ3) is 5.17. The Morgan fingerprint density at radius 2 is 1.70 bits per heavy atom. The first-order valence-electron chi connectivity index (χ1n) is 8.92. The van der Waals surface area contributed by atoms with Crippen LogP contribution in [0, 0.1) is 0 Å². The highest BCUT2D eigenvalue weighted by Crippen LogP contribution is 2.22. The van der Waals surface area contributed by atoms with E-state index in [9.17, 15) is 18.0 Å². The average molecular weight is 491 g/mol. The maximum Gasteiger partial charge on any atom is 0.290 e. The molecule has 0 fully saturated rings. The molecular weight excluding hydrogens is 472 g/mol. The first-order chi connectivity index (χ1) is 14.3. The summed E-state index contributed by atoms with van der Waals surface area (Å²) in [5, 5.41) is 2.71. The van der Waals surface area contributed by atoms with Crippen molar-refractivity contribution >= 4 is 43.3 Å². The van der Waals surface area contributed by atoms with Gasteiger partial charge in [-0.3, -0.25) is 9.59 Å². The van der Waals surface area contributed by atoms with Crippen LogP contribution in [0.4, 0.5) is 5.69 Å². The van der Waals surface area contributed by atoms with Crippen molar-refractivity contribution in [1.29, 1.82) is 0 Å². The van der Waals surface area contributed by atoms with Crippen LogP contribution in [0.2, 0.25) is 0 Å². The summed E-state index contributed by atoms with van der Waals surface area (Å²) in [5.74, 6) is -1.47. The number of hydrogen-bond acceptors (Lipinski definition) is 5. The number of halogens is 1. The van der Waals surface area contributed by atoms with Crippen LogP contribution in [-0.4, -0.2) is 38.7 Å². The third-order valence-electron chi connectivity index (χ3n) is 4.26. The lowest BCUT2D eigenvalue weighted by Crippen LogP contribution is -2.35. The van der Waals surface area contributed by atoms with Gasteiger partial charge in [0.1, 0.15) is 0 Å². The topological polar surface area (TPSA) is 96.7 Å². The average Bonchev–Trinajstić information content (AvgIpc) is 3.17. The minimum absolute atomic E-state index is 0.106. The molecule has 0 aliphatic heterocycles. The van der Waals surface area contributed by atoms with E-state index >= 15 is 0 Å². The molecule has 30 heavy (non-hydrogen) atoms. The SMILES string of the molecule is CN(CC(=O)Nc1ccccc1Br)C(=O)c1occc1CS(=O)(=O)c1ccccc1. The van der Waals surface area contributed by atoms with Crippen molar-refractivity contribution in [2.45, 2.75) is 10.6 Å². The van der Waals surface area contributed by atoms with Crippen LogP contribution in [0.15, 0.2) is 80.7 Å². The van der Waals surface area contributed by atoms with Crippen molar-refractivity contribution in [1.82, 2.24) is 4.90 Å². The quantitative estimate of drug-likeness (QED) is 0.544. The van der Waals surface area contributed by atoms with Gasteiger partial charge < -0.3 is 14.6 Å². The summed E-state index contributed by atoms with van der Waals surface area (Å²) in [4.78, 5) is 26.4. The second-order valence-corrected chi connectivity index (χ2v) is 9.38. The van der Waals surface area contributed by atoms with E-state index in [1.807, 2.05) is 6.07 Å². The number of nitrogens with one attached hydrogen (secondary N) is 1. The standard InChI is InChI=1S/C21H19BrN2O5S/c1-24(13-19(25)23-18-10-6-5-9-17(18)22)21(26)20-15(11-12-29-20)14-30(27,28)16-7-3-2-4-8-16/h2-12H,13-14H2,1H3,(H,23,25). The molecule has 0 unspecified atom stereocenters. The molecule has 1 aromatic heterocycles. The van der Waals surface area contributed by atoms with Gasteiger partial charge in [-0.25, -0.2) is 8.42 Å². The Bertz CT molecular complexity index is 1160. The molecule has 0 radical (unpaired) electrons. The van der Waals surface area contributed by atoms with E-state index in [4.69, 9.17) is 4.42 Å². The fourth-order valence-electron chi connectivity index (χ4n) is 2.77. The number of furan rings is 1. The molecule has 0 saturated carbocycles. The Kier molecular flexibility index (Phi) is 6.73. The van der Waals surface area contributed by atoms with E-state index in [0.717, 1.165) is 0 Å². The van der Waals surface area contributed by atoms with Crippen molar-refractivity contribution < 1.29 is 22.4 Å². The van der Waals surface area contributed by atoms with Crippen LogP contribution in [-0.2, 0) is 20.4 Å². The summed E-state index contributed by atoms with van der Waals surface area (Å²) in [6.45, 7) is -0.230. The van der Waals surface area contributed by atoms with Crippen LogP contribution < -0.4 is 5.32 Å². The number of rotatable bonds is 7. The number of para-hydroxylation sites is 1. The number of carbonyl (C=O) groups is 2. The van der Waals surface area contributed by atoms with Crippen molar-refractivity contribution in [2.75, 3.05) is 18.9 Å². The molecule has 156 valence electrons. The molecule has 7 nitrogen and oxygen atoms in total. The van der Waals surface area contributed by atoms with Crippen LogP contribution in [0.1, 0.15) is 16.1 Å². The van der Waals surface area contributed by atoms with Gasteiger partial charge in [0.25, 0.3) is 5.91 Å². The van der Waals surface area contributed by atoms with Gasteiger partial charge in [-0.1, -0.05) is 30.3 Å². The lowest BCUT2D eigenvalue weighted by Gasteiger charge is -2.16. The maximum atomic E-state index is 12.8. The van der Waals surface area contributed by atoms with Gasteiger partial charge in [-0.15, -0.1) is 0 Å². The molecular formula is C21H19BrN2O5S. The summed E-state index contributed by atoms with van der Waals surface area (Å²) >= 11 is 3.34. The highest BCUT2D eigenvalue weighted by Gasteiger charge is 2.25. The van der Waals surface area contributed by atoms with Gasteiger partial charge in [0.15, 0.2) is 15.6 Å². The van der Waals surface area contributed by atoms with Crippen molar-refractivity contribution in [3.63, 3.8) is 0 Å². The summed E-state index contributed by atoms with van der Waals surface area (Å²) in [6.07, 6.45) is 1.26. The molecule has 0 spiro atoms. The number of benzene rings is 2. The molecule has 0 bridgehead atoms. The third-order valence-corrected chi connectivity index (χ3v) is 6.64. The van der Waals surface area contributed by atoms with Crippen LogP contribution in [0.25, 0.3) is 0 Å². The molecule has 2 aromatic carbocycles. The van der Waals surface area contributed by atoms with E-state index in [-0.39, 0.29) is 28.5 Å². The normalized spacial score (nSPS) is 11.1. The molecule has 2 amide bonds. The Balaban J connectivity index is 1.70. The number of anilines is 1.